The lowest BCUT2D eigenvalue weighted by atomic mass is 10.0. The van der Waals surface area contributed by atoms with Crippen molar-refractivity contribution in [3.63, 3.8) is 0 Å². The van der Waals surface area contributed by atoms with Gasteiger partial charge in [-0.15, -0.1) is 0 Å². The van der Waals surface area contributed by atoms with E-state index in [4.69, 9.17) is 0 Å². The summed E-state index contributed by atoms with van der Waals surface area (Å²) in [5.74, 6) is 0. The molecular formula is C14H13N. The minimum absolute atomic E-state index is 1.02. The number of hydrogen-bond donors (Lipinski definition) is 0. The SMILES string of the molecule is CC=C(c1ccccc1)c1ccccn1. The van der Waals surface area contributed by atoms with Crippen LogP contribution >= 0.6 is 0 Å². The highest BCUT2D eigenvalue weighted by molar-refractivity contribution is 5.77. The molecule has 0 amide bonds. The fourth-order valence-corrected chi connectivity index (χ4v) is 1.60. The maximum Gasteiger partial charge on any atom is 0.0704 e. The van der Waals surface area contributed by atoms with Crippen molar-refractivity contribution in [2.75, 3.05) is 0 Å². The van der Waals surface area contributed by atoms with Crippen molar-refractivity contribution in [1.29, 1.82) is 0 Å². The summed E-state index contributed by atoms with van der Waals surface area (Å²) in [4.78, 5) is 4.36. The van der Waals surface area contributed by atoms with Gasteiger partial charge in [0.2, 0.25) is 0 Å². The second-order valence-corrected chi connectivity index (χ2v) is 3.28. The van der Waals surface area contributed by atoms with Crippen LogP contribution in [0, 0.1) is 0 Å². The molecule has 1 aromatic carbocycles. The molecule has 0 N–H and O–H groups in total. The molecule has 0 aliphatic heterocycles. The van der Waals surface area contributed by atoms with Gasteiger partial charge in [0.1, 0.15) is 0 Å². The minimum Gasteiger partial charge on any atom is -0.256 e. The van der Waals surface area contributed by atoms with Crippen molar-refractivity contribution in [2.45, 2.75) is 6.92 Å². The number of hydrogen-bond acceptors (Lipinski definition) is 1. The van der Waals surface area contributed by atoms with Crippen LogP contribution in [0.1, 0.15) is 18.2 Å². The zero-order valence-corrected chi connectivity index (χ0v) is 8.72. The molecule has 15 heavy (non-hydrogen) atoms. The summed E-state index contributed by atoms with van der Waals surface area (Å²) in [6.07, 6.45) is 3.92. The first-order chi connectivity index (χ1) is 7.42. The highest BCUT2D eigenvalue weighted by Crippen LogP contribution is 2.20. The summed E-state index contributed by atoms with van der Waals surface area (Å²) in [7, 11) is 0. The van der Waals surface area contributed by atoms with Crippen LogP contribution in [-0.2, 0) is 0 Å². The number of rotatable bonds is 2. The van der Waals surface area contributed by atoms with E-state index in [0.29, 0.717) is 0 Å². The summed E-state index contributed by atoms with van der Waals surface area (Å²) in [5.41, 5.74) is 3.40. The van der Waals surface area contributed by atoms with Gasteiger partial charge in [0.05, 0.1) is 5.69 Å². The van der Waals surface area contributed by atoms with E-state index in [1.54, 1.807) is 0 Å². The molecule has 74 valence electrons. The van der Waals surface area contributed by atoms with Crippen LogP contribution in [0.4, 0.5) is 0 Å². The first-order valence-corrected chi connectivity index (χ1v) is 5.05. The van der Waals surface area contributed by atoms with Gasteiger partial charge >= 0.3 is 0 Å². The van der Waals surface area contributed by atoms with Gasteiger partial charge in [-0.1, -0.05) is 42.5 Å². The molecule has 0 fully saturated rings. The maximum absolute atomic E-state index is 4.36. The predicted molar refractivity (Wildman–Crippen MR) is 63.4 cm³/mol. The van der Waals surface area contributed by atoms with E-state index in [9.17, 15) is 0 Å². The van der Waals surface area contributed by atoms with E-state index in [2.05, 4.69) is 23.2 Å². The third kappa shape index (κ3) is 2.13. The molecule has 2 aromatic rings. The van der Waals surface area contributed by atoms with E-state index in [-0.39, 0.29) is 0 Å². The predicted octanol–water partition coefficient (Wildman–Crippen LogP) is 3.53. The van der Waals surface area contributed by atoms with Crippen LogP contribution in [0.5, 0.6) is 0 Å². The van der Waals surface area contributed by atoms with Crippen molar-refractivity contribution in [2.24, 2.45) is 0 Å². The third-order valence-electron chi connectivity index (χ3n) is 2.31. The summed E-state index contributed by atoms with van der Waals surface area (Å²) in [5, 5.41) is 0. The highest BCUT2D eigenvalue weighted by atomic mass is 14.7. The Hall–Kier alpha value is -1.89. The van der Waals surface area contributed by atoms with E-state index >= 15 is 0 Å². The van der Waals surface area contributed by atoms with Gasteiger partial charge in [-0.2, -0.15) is 0 Å². The van der Waals surface area contributed by atoms with Crippen molar-refractivity contribution >= 4 is 5.57 Å². The van der Waals surface area contributed by atoms with Gasteiger partial charge < -0.3 is 0 Å². The molecule has 0 saturated heterocycles. The monoisotopic (exact) mass is 195 g/mol. The lowest BCUT2D eigenvalue weighted by molar-refractivity contribution is 1.27. The standard InChI is InChI=1S/C14H13N/c1-2-13(12-8-4-3-5-9-12)14-10-6-7-11-15-14/h2-11H,1H3. The summed E-state index contributed by atoms with van der Waals surface area (Å²) in [6, 6.07) is 16.3. The lowest BCUT2D eigenvalue weighted by Gasteiger charge is -2.05. The average molecular weight is 195 g/mol. The minimum atomic E-state index is 1.02. The Balaban J connectivity index is 2.44. The summed E-state index contributed by atoms with van der Waals surface area (Å²) < 4.78 is 0. The Morgan fingerprint density at radius 1 is 1.00 bits per heavy atom. The number of benzene rings is 1. The molecule has 0 atom stereocenters. The van der Waals surface area contributed by atoms with Crippen LogP contribution in [0.3, 0.4) is 0 Å². The summed E-state index contributed by atoms with van der Waals surface area (Å²) in [6.45, 7) is 2.04. The van der Waals surface area contributed by atoms with Crippen molar-refractivity contribution < 1.29 is 0 Å². The molecule has 0 aliphatic rings. The zero-order valence-electron chi connectivity index (χ0n) is 8.72. The fraction of sp³-hybridized carbons (Fsp3) is 0.0714. The summed E-state index contributed by atoms with van der Waals surface area (Å²) >= 11 is 0. The molecule has 0 saturated carbocycles. The Kier molecular flexibility index (Phi) is 2.93. The Morgan fingerprint density at radius 3 is 2.33 bits per heavy atom. The van der Waals surface area contributed by atoms with Crippen molar-refractivity contribution in [3.05, 3.63) is 72.1 Å². The average Bonchev–Trinajstić information content (AvgIpc) is 2.33. The number of allylic oxidation sites excluding steroid dienone is 1. The fourth-order valence-electron chi connectivity index (χ4n) is 1.60. The second kappa shape index (κ2) is 4.56. The smallest absolute Gasteiger partial charge is 0.0704 e. The molecule has 0 radical (unpaired) electrons. The number of pyridine rings is 1. The Bertz CT molecular complexity index is 402. The normalized spacial score (nSPS) is 11.4. The topological polar surface area (TPSA) is 12.9 Å². The molecule has 1 heterocycles. The van der Waals surface area contributed by atoms with Gasteiger partial charge in [-0.05, 0) is 24.6 Å². The molecular weight excluding hydrogens is 182 g/mol. The second-order valence-electron chi connectivity index (χ2n) is 3.28. The number of nitrogens with zero attached hydrogens (tertiary/aromatic N) is 1. The highest BCUT2D eigenvalue weighted by Gasteiger charge is 2.02. The lowest BCUT2D eigenvalue weighted by Crippen LogP contribution is -1.89. The van der Waals surface area contributed by atoms with E-state index < -0.39 is 0 Å². The maximum atomic E-state index is 4.36. The van der Waals surface area contributed by atoms with Crippen LogP contribution < -0.4 is 0 Å². The largest absolute Gasteiger partial charge is 0.256 e. The van der Waals surface area contributed by atoms with Crippen molar-refractivity contribution in [1.82, 2.24) is 4.98 Å². The van der Waals surface area contributed by atoms with Gasteiger partial charge in [0, 0.05) is 11.8 Å². The number of aromatic nitrogens is 1. The molecule has 0 unspecified atom stereocenters. The van der Waals surface area contributed by atoms with E-state index in [0.717, 1.165) is 5.69 Å². The van der Waals surface area contributed by atoms with Crippen LogP contribution in [-0.4, -0.2) is 4.98 Å². The van der Waals surface area contributed by atoms with Gasteiger partial charge in [-0.25, -0.2) is 0 Å². The molecule has 1 aromatic heterocycles. The first-order valence-electron chi connectivity index (χ1n) is 5.05. The molecule has 2 rings (SSSR count). The van der Waals surface area contributed by atoms with Crippen LogP contribution in [0.2, 0.25) is 0 Å². The molecule has 0 bridgehead atoms. The van der Waals surface area contributed by atoms with E-state index in [1.165, 1.54) is 11.1 Å². The molecule has 0 spiro atoms. The molecule has 1 nitrogen and oxygen atoms in total. The molecule has 0 aliphatic carbocycles. The van der Waals surface area contributed by atoms with Crippen LogP contribution in [0.15, 0.2) is 60.8 Å². The van der Waals surface area contributed by atoms with Crippen LogP contribution in [0.25, 0.3) is 5.57 Å². The zero-order chi connectivity index (χ0) is 10.5. The Morgan fingerprint density at radius 2 is 1.73 bits per heavy atom. The van der Waals surface area contributed by atoms with Gasteiger partial charge in [0.25, 0.3) is 0 Å². The van der Waals surface area contributed by atoms with Crippen molar-refractivity contribution in [3.8, 4) is 0 Å². The van der Waals surface area contributed by atoms with E-state index in [1.807, 2.05) is 49.5 Å². The van der Waals surface area contributed by atoms with Gasteiger partial charge in [-0.3, -0.25) is 4.98 Å². The Labute approximate surface area is 90.1 Å². The quantitative estimate of drug-likeness (QED) is 0.714. The third-order valence-corrected chi connectivity index (χ3v) is 2.31. The first kappa shape index (κ1) is 9.66. The molecule has 1 heteroatoms. The van der Waals surface area contributed by atoms with Gasteiger partial charge in [0.15, 0.2) is 0 Å².